The fourth-order valence-electron chi connectivity index (χ4n) is 2.42. The number of benzene rings is 2. The molecule has 0 aliphatic carbocycles. The summed E-state index contributed by atoms with van der Waals surface area (Å²) in [5.41, 5.74) is 3.64. The molecule has 1 heterocycles. The minimum atomic E-state index is -3.68. The van der Waals surface area contributed by atoms with Gasteiger partial charge < -0.3 is 0 Å². The van der Waals surface area contributed by atoms with Crippen LogP contribution in [0.15, 0.2) is 82.9 Å². The van der Waals surface area contributed by atoms with Crippen molar-refractivity contribution >= 4 is 16.2 Å². The maximum absolute atomic E-state index is 12.2. The number of hydrogen-bond acceptors (Lipinski definition) is 4. The molecule has 0 unspecified atom stereocenters. The van der Waals surface area contributed by atoms with Gasteiger partial charge in [-0.2, -0.15) is 13.5 Å². The molecule has 0 aliphatic rings. The Kier molecular flexibility index (Phi) is 4.90. The highest BCUT2D eigenvalue weighted by Gasteiger charge is 2.11. The first-order chi connectivity index (χ1) is 12.1. The smallest absolute Gasteiger partial charge is 0.255 e. The molecule has 3 rings (SSSR count). The zero-order valence-electron chi connectivity index (χ0n) is 13.6. The molecule has 0 fully saturated rings. The van der Waals surface area contributed by atoms with Crippen molar-refractivity contribution in [1.82, 2.24) is 9.82 Å². The van der Waals surface area contributed by atoms with Crippen molar-refractivity contribution in [2.75, 3.05) is 0 Å². The molecule has 0 atom stereocenters. The molecule has 5 nitrogen and oxygen atoms in total. The molecule has 0 amide bonds. The van der Waals surface area contributed by atoms with Crippen molar-refractivity contribution < 1.29 is 8.42 Å². The molecular formula is C19H17N3O2S. The lowest BCUT2D eigenvalue weighted by atomic mass is 10.0. The molecule has 1 aromatic heterocycles. The van der Waals surface area contributed by atoms with E-state index in [1.165, 1.54) is 18.3 Å². The second-order valence-corrected chi connectivity index (χ2v) is 7.06. The second-order valence-electron chi connectivity index (χ2n) is 5.40. The molecule has 0 saturated carbocycles. The average Bonchev–Trinajstić information content (AvgIpc) is 2.64. The summed E-state index contributed by atoms with van der Waals surface area (Å²) in [6.45, 7) is 1.93. The van der Waals surface area contributed by atoms with Crippen LogP contribution in [0.1, 0.15) is 11.3 Å². The SMILES string of the molecule is Cc1c(-c2ccccc2)ccnc1/C=N/NS(=O)(=O)c1ccccc1. The van der Waals surface area contributed by atoms with Gasteiger partial charge in [0.1, 0.15) is 0 Å². The van der Waals surface area contributed by atoms with Crippen molar-refractivity contribution in [1.29, 1.82) is 0 Å². The van der Waals surface area contributed by atoms with Gasteiger partial charge in [0.15, 0.2) is 0 Å². The maximum Gasteiger partial charge on any atom is 0.276 e. The predicted octanol–water partition coefficient (Wildman–Crippen LogP) is 3.37. The van der Waals surface area contributed by atoms with Crippen LogP contribution in [-0.4, -0.2) is 19.6 Å². The summed E-state index contributed by atoms with van der Waals surface area (Å²) < 4.78 is 24.3. The van der Waals surface area contributed by atoms with Gasteiger partial charge in [0.25, 0.3) is 10.0 Å². The minimum Gasteiger partial charge on any atom is -0.255 e. The average molecular weight is 351 g/mol. The monoisotopic (exact) mass is 351 g/mol. The van der Waals surface area contributed by atoms with Crippen molar-refractivity contribution in [3.63, 3.8) is 0 Å². The number of sulfonamides is 1. The van der Waals surface area contributed by atoms with E-state index in [1.54, 1.807) is 24.4 Å². The van der Waals surface area contributed by atoms with Gasteiger partial charge in [-0.25, -0.2) is 4.83 Å². The Morgan fingerprint density at radius 1 is 0.960 bits per heavy atom. The molecule has 126 valence electrons. The Hall–Kier alpha value is -2.99. The molecule has 6 heteroatoms. The number of hydrogen-bond donors (Lipinski definition) is 1. The van der Waals surface area contributed by atoms with E-state index >= 15 is 0 Å². The van der Waals surface area contributed by atoms with Gasteiger partial charge in [-0.3, -0.25) is 4.98 Å². The van der Waals surface area contributed by atoms with Gasteiger partial charge in [0, 0.05) is 6.20 Å². The number of nitrogens with one attached hydrogen (secondary N) is 1. The van der Waals surface area contributed by atoms with E-state index in [0.717, 1.165) is 16.7 Å². The highest BCUT2D eigenvalue weighted by molar-refractivity contribution is 7.89. The fraction of sp³-hybridized carbons (Fsp3) is 0.0526. The zero-order valence-corrected chi connectivity index (χ0v) is 14.4. The van der Waals surface area contributed by atoms with E-state index in [2.05, 4.69) is 14.9 Å². The molecule has 0 saturated heterocycles. The Morgan fingerprint density at radius 3 is 2.28 bits per heavy atom. The molecule has 0 radical (unpaired) electrons. The molecule has 0 aliphatic heterocycles. The molecule has 2 aromatic carbocycles. The quantitative estimate of drug-likeness (QED) is 0.566. The number of aromatic nitrogens is 1. The molecular weight excluding hydrogens is 334 g/mol. The molecule has 0 spiro atoms. The highest BCUT2D eigenvalue weighted by atomic mass is 32.2. The van der Waals surface area contributed by atoms with Crippen LogP contribution < -0.4 is 4.83 Å². The predicted molar refractivity (Wildman–Crippen MR) is 98.8 cm³/mol. The zero-order chi connectivity index (χ0) is 17.7. The van der Waals surface area contributed by atoms with Gasteiger partial charge in [-0.05, 0) is 41.8 Å². The third-order valence-corrected chi connectivity index (χ3v) is 4.98. The van der Waals surface area contributed by atoms with Gasteiger partial charge in [0.05, 0.1) is 16.8 Å². The van der Waals surface area contributed by atoms with Crippen LogP contribution in [0.4, 0.5) is 0 Å². The van der Waals surface area contributed by atoms with Crippen LogP contribution in [0.25, 0.3) is 11.1 Å². The highest BCUT2D eigenvalue weighted by Crippen LogP contribution is 2.23. The lowest BCUT2D eigenvalue weighted by Gasteiger charge is -2.08. The molecule has 25 heavy (non-hydrogen) atoms. The Morgan fingerprint density at radius 2 is 1.60 bits per heavy atom. The third-order valence-electron chi connectivity index (χ3n) is 3.74. The lowest BCUT2D eigenvalue weighted by Crippen LogP contribution is -2.18. The number of rotatable bonds is 5. The third kappa shape index (κ3) is 3.92. The van der Waals surface area contributed by atoms with Crippen molar-refractivity contribution in [3.8, 4) is 11.1 Å². The first-order valence-electron chi connectivity index (χ1n) is 7.69. The molecule has 3 aromatic rings. The Balaban J connectivity index is 1.83. The standard InChI is InChI=1S/C19H17N3O2S/c1-15-18(16-8-4-2-5-9-16)12-13-20-19(15)14-21-22-25(23,24)17-10-6-3-7-11-17/h2-14,22H,1H3/b21-14+. The summed E-state index contributed by atoms with van der Waals surface area (Å²) in [6.07, 6.45) is 3.10. The number of nitrogens with zero attached hydrogens (tertiary/aromatic N) is 2. The topological polar surface area (TPSA) is 71.4 Å². The first kappa shape index (κ1) is 16.9. The summed E-state index contributed by atoms with van der Waals surface area (Å²) in [5, 5.41) is 3.86. The first-order valence-corrected chi connectivity index (χ1v) is 9.17. The van der Waals surface area contributed by atoms with Crippen LogP contribution in [-0.2, 0) is 10.0 Å². The van der Waals surface area contributed by atoms with E-state index in [9.17, 15) is 8.42 Å². The van der Waals surface area contributed by atoms with Crippen LogP contribution >= 0.6 is 0 Å². The summed E-state index contributed by atoms with van der Waals surface area (Å²) in [5.74, 6) is 0. The van der Waals surface area contributed by atoms with Crippen molar-refractivity contribution in [3.05, 3.63) is 84.2 Å². The second kappa shape index (κ2) is 7.27. The summed E-state index contributed by atoms with van der Waals surface area (Å²) in [7, 11) is -3.68. The van der Waals surface area contributed by atoms with E-state index in [-0.39, 0.29) is 4.90 Å². The van der Waals surface area contributed by atoms with E-state index < -0.39 is 10.0 Å². The van der Waals surface area contributed by atoms with Gasteiger partial charge in [-0.15, -0.1) is 0 Å². The summed E-state index contributed by atoms with van der Waals surface area (Å²) in [6, 6.07) is 20.0. The van der Waals surface area contributed by atoms with E-state index in [0.29, 0.717) is 5.69 Å². The van der Waals surface area contributed by atoms with Crippen LogP contribution in [0.2, 0.25) is 0 Å². The summed E-state index contributed by atoms with van der Waals surface area (Å²) in [4.78, 5) is 6.65. The van der Waals surface area contributed by atoms with Crippen LogP contribution in [0.5, 0.6) is 0 Å². The van der Waals surface area contributed by atoms with E-state index in [1.807, 2.05) is 43.3 Å². The minimum absolute atomic E-state index is 0.162. The van der Waals surface area contributed by atoms with E-state index in [4.69, 9.17) is 0 Å². The van der Waals surface area contributed by atoms with Gasteiger partial charge in [-0.1, -0.05) is 48.5 Å². The number of pyridine rings is 1. The number of hydrazone groups is 1. The summed E-state index contributed by atoms with van der Waals surface area (Å²) >= 11 is 0. The Labute approximate surface area is 147 Å². The lowest BCUT2D eigenvalue weighted by molar-refractivity contribution is 0.584. The van der Waals surface area contributed by atoms with Crippen molar-refractivity contribution in [2.45, 2.75) is 11.8 Å². The normalized spacial score (nSPS) is 11.6. The van der Waals surface area contributed by atoms with Gasteiger partial charge in [0.2, 0.25) is 0 Å². The van der Waals surface area contributed by atoms with Crippen molar-refractivity contribution in [2.24, 2.45) is 5.10 Å². The van der Waals surface area contributed by atoms with Crippen LogP contribution in [0, 0.1) is 6.92 Å². The fourth-order valence-corrected chi connectivity index (χ4v) is 3.23. The molecule has 1 N–H and O–H groups in total. The van der Waals surface area contributed by atoms with Gasteiger partial charge >= 0.3 is 0 Å². The largest absolute Gasteiger partial charge is 0.276 e. The Bertz CT molecular complexity index is 986. The maximum atomic E-state index is 12.2. The molecule has 0 bridgehead atoms. The van der Waals surface area contributed by atoms with Crippen LogP contribution in [0.3, 0.4) is 0 Å².